The molecule has 5 heteroatoms. The van der Waals surface area contributed by atoms with Crippen LogP contribution in [0.2, 0.25) is 0 Å². The first-order valence-electron chi connectivity index (χ1n) is 5.93. The first-order chi connectivity index (χ1) is 8.58. The summed E-state index contributed by atoms with van der Waals surface area (Å²) < 4.78 is 18.8. The van der Waals surface area contributed by atoms with Crippen molar-refractivity contribution in [3.05, 3.63) is 23.0 Å². The summed E-state index contributed by atoms with van der Waals surface area (Å²) in [6.07, 6.45) is 1.22. The van der Waals surface area contributed by atoms with Gasteiger partial charge in [0, 0.05) is 25.1 Å². The van der Waals surface area contributed by atoms with Crippen molar-refractivity contribution in [1.29, 1.82) is 0 Å². The van der Waals surface area contributed by atoms with Gasteiger partial charge in [-0.3, -0.25) is 4.79 Å². The molecule has 1 N–H and O–H groups in total. The first kappa shape index (κ1) is 12.7. The number of aromatic hydroxyl groups is 1. The summed E-state index contributed by atoms with van der Waals surface area (Å²) in [6.45, 7) is 2.52. The minimum absolute atomic E-state index is 0.00607. The lowest BCUT2D eigenvalue weighted by Crippen LogP contribution is -2.24. The molecule has 1 aromatic rings. The Kier molecular flexibility index (Phi) is 3.41. The fourth-order valence-electron chi connectivity index (χ4n) is 2.17. The van der Waals surface area contributed by atoms with Crippen molar-refractivity contribution < 1.29 is 19.0 Å². The number of hydrogen-bond acceptors (Lipinski definition) is 3. The maximum absolute atomic E-state index is 13.9. The molecular weight excluding hydrogens is 237 g/mol. The number of rotatable bonds is 3. The number of hydrogen-bond donors (Lipinski definition) is 1. The molecule has 0 unspecified atom stereocenters. The van der Waals surface area contributed by atoms with Crippen molar-refractivity contribution in [3.8, 4) is 11.5 Å². The standard InChI is InChI=1S/C13H16FNO3/c1-3-4-11(16)15-6-8-5-10(18-2)13(17)12(14)9(8)7-15/h5,17H,3-4,6-7H2,1-2H3. The summed E-state index contributed by atoms with van der Waals surface area (Å²) in [5, 5.41) is 9.59. The molecule has 4 nitrogen and oxygen atoms in total. The Morgan fingerprint density at radius 2 is 2.28 bits per heavy atom. The largest absolute Gasteiger partial charge is 0.502 e. The Balaban J connectivity index is 2.30. The quantitative estimate of drug-likeness (QED) is 0.898. The highest BCUT2D eigenvalue weighted by molar-refractivity contribution is 5.77. The van der Waals surface area contributed by atoms with Crippen LogP contribution in [0.3, 0.4) is 0 Å². The summed E-state index contributed by atoms with van der Waals surface area (Å²) in [5.41, 5.74) is 1.09. The normalized spacial score (nSPS) is 13.6. The highest BCUT2D eigenvalue weighted by atomic mass is 19.1. The molecule has 0 atom stereocenters. The monoisotopic (exact) mass is 253 g/mol. The number of phenolic OH excluding ortho intramolecular Hbond substituents is 1. The Morgan fingerprint density at radius 1 is 1.56 bits per heavy atom. The first-order valence-corrected chi connectivity index (χ1v) is 5.93. The van der Waals surface area contributed by atoms with Gasteiger partial charge in [-0.1, -0.05) is 6.92 Å². The second kappa shape index (κ2) is 4.84. The van der Waals surface area contributed by atoms with Crippen LogP contribution in [0.5, 0.6) is 11.5 Å². The van der Waals surface area contributed by atoms with Gasteiger partial charge in [-0.2, -0.15) is 0 Å². The summed E-state index contributed by atoms with van der Waals surface area (Å²) in [5.74, 6) is -1.06. The molecule has 1 aliphatic rings. The maximum atomic E-state index is 13.9. The average molecular weight is 253 g/mol. The molecule has 98 valence electrons. The molecule has 0 saturated heterocycles. The van der Waals surface area contributed by atoms with Gasteiger partial charge in [0.25, 0.3) is 0 Å². The molecule has 18 heavy (non-hydrogen) atoms. The molecule has 0 bridgehead atoms. The van der Waals surface area contributed by atoms with Crippen LogP contribution in [0, 0.1) is 5.82 Å². The minimum atomic E-state index is -0.684. The minimum Gasteiger partial charge on any atom is -0.502 e. The van der Waals surface area contributed by atoms with Crippen LogP contribution in [-0.2, 0) is 17.9 Å². The molecule has 0 saturated carbocycles. The Bertz CT molecular complexity index is 488. The van der Waals surface area contributed by atoms with Gasteiger partial charge in [-0.05, 0) is 18.1 Å². The third-order valence-corrected chi connectivity index (χ3v) is 3.15. The van der Waals surface area contributed by atoms with E-state index in [-0.39, 0.29) is 18.2 Å². The zero-order valence-corrected chi connectivity index (χ0v) is 10.5. The van der Waals surface area contributed by atoms with E-state index in [1.165, 1.54) is 7.11 Å². The van der Waals surface area contributed by atoms with E-state index in [1.54, 1.807) is 11.0 Å². The van der Waals surface area contributed by atoms with Gasteiger partial charge >= 0.3 is 0 Å². The third-order valence-electron chi connectivity index (χ3n) is 3.15. The number of fused-ring (bicyclic) bond motifs is 1. The van der Waals surface area contributed by atoms with Crippen molar-refractivity contribution in [2.75, 3.05) is 7.11 Å². The average Bonchev–Trinajstić information content (AvgIpc) is 2.78. The van der Waals surface area contributed by atoms with Crippen molar-refractivity contribution in [2.24, 2.45) is 0 Å². The van der Waals surface area contributed by atoms with E-state index < -0.39 is 11.6 Å². The lowest BCUT2D eigenvalue weighted by atomic mass is 10.1. The molecular formula is C13H16FNO3. The molecule has 0 aromatic heterocycles. The van der Waals surface area contributed by atoms with Gasteiger partial charge in [-0.25, -0.2) is 4.39 Å². The number of benzene rings is 1. The van der Waals surface area contributed by atoms with Crippen molar-refractivity contribution in [3.63, 3.8) is 0 Å². The lowest BCUT2D eigenvalue weighted by Gasteiger charge is -2.14. The van der Waals surface area contributed by atoms with E-state index >= 15 is 0 Å². The molecule has 0 fully saturated rings. The fraction of sp³-hybridized carbons (Fsp3) is 0.462. The van der Waals surface area contributed by atoms with E-state index in [0.717, 1.165) is 6.42 Å². The Hall–Kier alpha value is -1.78. The number of ether oxygens (including phenoxy) is 1. The maximum Gasteiger partial charge on any atom is 0.223 e. The third kappa shape index (κ3) is 2.00. The van der Waals surface area contributed by atoms with Crippen LogP contribution in [-0.4, -0.2) is 23.0 Å². The molecule has 0 spiro atoms. The Labute approximate surface area is 105 Å². The van der Waals surface area contributed by atoms with Crippen molar-refractivity contribution >= 4 is 5.91 Å². The Morgan fingerprint density at radius 3 is 2.89 bits per heavy atom. The zero-order valence-electron chi connectivity index (χ0n) is 10.5. The topological polar surface area (TPSA) is 49.8 Å². The molecule has 1 heterocycles. The van der Waals surface area contributed by atoms with E-state index in [2.05, 4.69) is 0 Å². The fourth-order valence-corrected chi connectivity index (χ4v) is 2.17. The van der Waals surface area contributed by atoms with Crippen LogP contribution < -0.4 is 4.74 Å². The number of amides is 1. The van der Waals surface area contributed by atoms with E-state index in [9.17, 15) is 14.3 Å². The second-order valence-corrected chi connectivity index (χ2v) is 4.38. The van der Waals surface area contributed by atoms with Gasteiger partial charge in [-0.15, -0.1) is 0 Å². The smallest absolute Gasteiger partial charge is 0.223 e. The predicted molar refractivity (Wildman–Crippen MR) is 63.8 cm³/mol. The number of carbonyl (C=O) groups excluding carboxylic acids is 1. The SMILES string of the molecule is CCCC(=O)N1Cc2cc(OC)c(O)c(F)c2C1. The van der Waals surface area contributed by atoms with Crippen LogP contribution in [0.15, 0.2) is 6.07 Å². The summed E-state index contributed by atoms with van der Waals surface area (Å²) >= 11 is 0. The van der Waals surface area contributed by atoms with E-state index in [4.69, 9.17) is 4.74 Å². The van der Waals surface area contributed by atoms with Crippen LogP contribution in [0.1, 0.15) is 30.9 Å². The summed E-state index contributed by atoms with van der Waals surface area (Å²) in [6, 6.07) is 1.59. The highest BCUT2D eigenvalue weighted by Crippen LogP contribution is 2.37. The number of halogens is 1. The molecule has 1 amide bonds. The van der Waals surface area contributed by atoms with Gasteiger partial charge < -0.3 is 14.7 Å². The number of phenols is 1. The molecule has 2 rings (SSSR count). The van der Waals surface area contributed by atoms with Crippen LogP contribution in [0.25, 0.3) is 0 Å². The van der Waals surface area contributed by atoms with Crippen LogP contribution >= 0.6 is 0 Å². The lowest BCUT2D eigenvalue weighted by molar-refractivity contribution is -0.131. The molecule has 1 aliphatic heterocycles. The van der Waals surface area contributed by atoms with E-state index in [1.807, 2.05) is 6.92 Å². The van der Waals surface area contributed by atoms with Gasteiger partial charge in [0.15, 0.2) is 17.3 Å². The number of methoxy groups -OCH3 is 1. The van der Waals surface area contributed by atoms with Gasteiger partial charge in [0.1, 0.15) is 0 Å². The number of carbonyl (C=O) groups is 1. The molecule has 1 aromatic carbocycles. The summed E-state index contributed by atoms with van der Waals surface area (Å²) in [4.78, 5) is 13.4. The molecule has 0 radical (unpaired) electrons. The molecule has 0 aliphatic carbocycles. The number of nitrogens with zero attached hydrogens (tertiary/aromatic N) is 1. The highest BCUT2D eigenvalue weighted by Gasteiger charge is 2.28. The van der Waals surface area contributed by atoms with Crippen LogP contribution in [0.4, 0.5) is 4.39 Å². The van der Waals surface area contributed by atoms with Gasteiger partial charge in [0.05, 0.1) is 7.11 Å². The second-order valence-electron chi connectivity index (χ2n) is 4.38. The van der Waals surface area contributed by atoms with Crippen molar-refractivity contribution in [2.45, 2.75) is 32.9 Å². The zero-order chi connectivity index (χ0) is 13.3. The summed E-state index contributed by atoms with van der Waals surface area (Å²) in [7, 11) is 1.37. The van der Waals surface area contributed by atoms with Gasteiger partial charge in [0.2, 0.25) is 5.91 Å². The van der Waals surface area contributed by atoms with E-state index in [0.29, 0.717) is 24.1 Å². The van der Waals surface area contributed by atoms with Crippen molar-refractivity contribution in [1.82, 2.24) is 4.90 Å². The predicted octanol–water partition coefficient (Wildman–Crippen LogP) is 2.18.